The van der Waals surface area contributed by atoms with Crippen LogP contribution in [-0.4, -0.2) is 25.4 Å². The van der Waals surface area contributed by atoms with Gasteiger partial charge in [-0.2, -0.15) is 0 Å². The zero-order valence-electron chi connectivity index (χ0n) is 13.4. The minimum Gasteiger partial charge on any atom is -0.493 e. The Morgan fingerprint density at radius 1 is 1.00 bits per heavy atom. The minimum atomic E-state index is 0.699. The van der Waals surface area contributed by atoms with E-state index in [1.54, 1.807) is 0 Å². The summed E-state index contributed by atoms with van der Waals surface area (Å²) in [6.45, 7) is 3.10. The van der Waals surface area contributed by atoms with Crippen LogP contribution in [0.3, 0.4) is 0 Å². The highest BCUT2D eigenvalue weighted by Gasteiger charge is 2.14. The molecule has 23 heavy (non-hydrogen) atoms. The van der Waals surface area contributed by atoms with Gasteiger partial charge in [-0.15, -0.1) is 11.8 Å². The minimum absolute atomic E-state index is 0.699. The molecule has 4 rings (SSSR count). The second-order valence-electron chi connectivity index (χ2n) is 6.45. The summed E-state index contributed by atoms with van der Waals surface area (Å²) in [5, 5.41) is 3.40. The second kappa shape index (κ2) is 6.98. The molecule has 2 aromatic carbocycles. The summed E-state index contributed by atoms with van der Waals surface area (Å²) >= 11 is 1.97. The van der Waals surface area contributed by atoms with E-state index in [4.69, 9.17) is 4.74 Å². The van der Waals surface area contributed by atoms with E-state index in [1.807, 2.05) is 11.8 Å². The molecule has 0 saturated carbocycles. The van der Waals surface area contributed by atoms with Gasteiger partial charge in [-0.05, 0) is 73.2 Å². The summed E-state index contributed by atoms with van der Waals surface area (Å²) in [4.78, 5) is 1.45. The predicted octanol–water partition coefficient (Wildman–Crippen LogP) is 4.38. The lowest BCUT2D eigenvalue weighted by Gasteiger charge is -2.22. The van der Waals surface area contributed by atoms with Crippen LogP contribution in [-0.2, 0) is 6.42 Å². The highest BCUT2D eigenvalue weighted by Crippen LogP contribution is 2.34. The van der Waals surface area contributed by atoms with Crippen molar-refractivity contribution in [2.45, 2.75) is 24.2 Å². The van der Waals surface area contributed by atoms with Gasteiger partial charge in [0, 0.05) is 10.6 Å². The summed E-state index contributed by atoms with van der Waals surface area (Å²) in [7, 11) is 0. The van der Waals surface area contributed by atoms with Crippen LogP contribution in [0, 0.1) is 5.92 Å². The van der Waals surface area contributed by atoms with Gasteiger partial charge in [0.1, 0.15) is 5.75 Å². The Hall–Kier alpha value is -1.45. The number of nitrogens with one attached hydrogen (secondary N) is 1. The number of thioether (sulfide) groups is 1. The van der Waals surface area contributed by atoms with E-state index in [0.717, 1.165) is 25.4 Å². The topological polar surface area (TPSA) is 21.3 Å². The number of hydrogen-bond donors (Lipinski definition) is 1. The van der Waals surface area contributed by atoms with Gasteiger partial charge < -0.3 is 10.1 Å². The number of fused-ring (bicyclic) bond motifs is 1. The number of rotatable bonds is 4. The zero-order chi connectivity index (χ0) is 15.5. The SMILES string of the molecule is c1cc(-c2ccc3c(c2)CCS3)ccc1OCC1CCNCC1. The smallest absolute Gasteiger partial charge is 0.119 e. The Morgan fingerprint density at radius 3 is 2.61 bits per heavy atom. The monoisotopic (exact) mass is 325 g/mol. The average molecular weight is 325 g/mol. The van der Waals surface area contributed by atoms with Gasteiger partial charge >= 0.3 is 0 Å². The van der Waals surface area contributed by atoms with Crippen LogP contribution >= 0.6 is 11.8 Å². The van der Waals surface area contributed by atoms with Gasteiger partial charge in [0.05, 0.1) is 6.61 Å². The first kappa shape index (κ1) is 15.1. The van der Waals surface area contributed by atoms with Crippen molar-refractivity contribution in [3.63, 3.8) is 0 Å². The molecule has 3 heteroatoms. The average Bonchev–Trinajstić information content (AvgIpc) is 3.09. The van der Waals surface area contributed by atoms with Crippen LogP contribution in [0.4, 0.5) is 0 Å². The molecule has 120 valence electrons. The van der Waals surface area contributed by atoms with E-state index in [2.05, 4.69) is 47.8 Å². The van der Waals surface area contributed by atoms with Crippen LogP contribution < -0.4 is 10.1 Å². The number of benzene rings is 2. The largest absolute Gasteiger partial charge is 0.493 e. The zero-order valence-corrected chi connectivity index (χ0v) is 14.2. The van der Waals surface area contributed by atoms with Crippen LogP contribution in [0.2, 0.25) is 0 Å². The number of aryl methyl sites for hydroxylation is 1. The third-order valence-corrected chi connectivity index (χ3v) is 5.94. The first-order valence-electron chi connectivity index (χ1n) is 8.58. The normalized spacial score (nSPS) is 17.9. The highest BCUT2D eigenvalue weighted by molar-refractivity contribution is 7.99. The lowest BCUT2D eigenvalue weighted by Crippen LogP contribution is -2.30. The number of hydrogen-bond acceptors (Lipinski definition) is 3. The van der Waals surface area contributed by atoms with Crippen molar-refractivity contribution < 1.29 is 4.74 Å². The molecule has 0 bridgehead atoms. The predicted molar refractivity (Wildman–Crippen MR) is 97.4 cm³/mol. The molecule has 0 radical (unpaired) electrons. The van der Waals surface area contributed by atoms with E-state index in [-0.39, 0.29) is 0 Å². The molecule has 2 aliphatic heterocycles. The van der Waals surface area contributed by atoms with Crippen molar-refractivity contribution in [1.82, 2.24) is 5.32 Å². The summed E-state index contributed by atoms with van der Waals surface area (Å²) < 4.78 is 5.98. The lowest BCUT2D eigenvalue weighted by atomic mass is 9.99. The quantitative estimate of drug-likeness (QED) is 0.901. The molecule has 1 fully saturated rings. The maximum atomic E-state index is 5.98. The molecule has 2 heterocycles. The third-order valence-electron chi connectivity index (χ3n) is 4.82. The maximum Gasteiger partial charge on any atom is 0.119 e. The molecule has 2 aromatic rings. The Balaban J connectivity index is 1.41. The van der Waals surface area contributed by atoms with Crippen molar-refractivity contribution in [2.75, 3.05) is 25.4 Å². The first-order chi connectivity index (χ1) is 11.4. The Kier molecular flexibility index (Phi) is 4.58. The fraction of sp³-hybridized carbons (Fsp3) is 0.400. The van der Waals surface area contributed by atoms with E-state index in [0.29, 0.717) is 5.92 Å². The van der Waals surface area contributed by atoms with Gasteiger partial charge in [0.2, 0.25) is 0 Å². The highest BCUT2D eigenvalue weighted by atomic mass is 32.2. The van der Waals surface area contributed by atoms with Crippen LogP contribution in [0.15, 0.2) is 47.4 Å². The van der Waals surface area contributed by atoms with Gasteiger partial charge in [0.25, 0.3) is 0 Å². The number of ether oxygens (including phenoxy) is 1. The molecule has 0 aromatic heterocycles. The summed E-state index contributed by atoms with van der Waals surface area (Å²) in [5.74, 6) is 2.91. The van der Waals surface area contributed by atoms with Crippen LogP contribution in [0.5, 0.6) is 5.75 Å². The molecule has 2 aliphatic rings. The fourth-order valence-corrected chi connectivity index (χ4v) is 4.42. The molecular weight excluding hydrogens is 302 g/mol. The Labute approximate surface area is 142 Å². The Morgan fingerprint density at radius 2 is 1.78 bits per heavy atom. The first-order valence-corrected chi connectivity index (χ1v) is 9.57. The molecule has 0 unspecified atom stereocenters. The third kappa shape index (κ3) is 3.56. The van der Waals surface area contributed by atoms with Crippen molar-refractivity contribution in [2.24, 2.45) is 5.92 Å². The van der Waals surface area contributed by atoms with Crippen molar-refractivity contribution in [3.8, 4) is 16.9 Å². The molecule has 0 atom stereocenters. The fourth-order valence-electron chi connectivity index (χ4n) is 3.37. The van der Waals surface area contributed by atoms with Crippen molar-refractivity contribution in [1.29, 1.82) is 0 Å². The summed E-state index contributed by atoms with van der Waals surface area (Å²) in [6, 6.07) is 15.4. The summed E-state index contributed by atoms with van der Waals surface area (Å²) in [5.41, 5.74) is 4.09. The van der Waals surface area contributed by atoms with Crippen molar-refractivity contribution >= 4 is 11.8 Å². The molecule has 0 aliphatic carbocycles. The van der Waals surface area contributed by atoms with Gasteiger partial charge in [0.15, 0.2) is 0 Å². The van der Waals surface area contributed by atoms with Crippen molar-refractivity contribution in [3.05, 3.63) is 48.0 Å². The van der Waals surface area contributed by atoms with Crippen LogP contribution in [0.25, 0.3) is 11.1 Å². The molecular formula is C20H23NOS. The number of piperidine rings is 1. The van der Waals surface area contributed by atoms with Gasteiger partial charge in [-0.1, -0.05) is 24.3 Å². The van der Waals surface area contributed by atoms with E-state index in [9.17, 15) is 0 Å². The molecule has 0 spiro atoms. The van der Waals surface area contributed by atoms with E-state index in [1.165, 1.54) is 46.6 Å². The Bertz CT molecular complexity index is 662. The molecule has 1 N–H and O–H groups in total. The maximum absolute atomic E-state index is 5.98. The summed E-state index contributed by atoms with van der Waals surface area (Å²) in [6.07, 6.45) is 3.65. The van der Waals surface area contributed by atoms with E-state index >= 15 is 0 Å². The lowest BCUT2D eigenvalue weighted by molar-refractivity contribution is 0.215. The second-order valence-corrected chi connectivity index (χ2v) is 7.59. The van der Waals surface area contributed by atoms with Gasteiger partial charge in [-0.25, -0.2) is 0 Å². The molecule has 2 nitrogen and oxygen atoms in total. The van der Waals surface area contributed by atoms with Gasteiger partial charge in [-0.3, -0.25) is 0 Å². The molecule has 0 amide bonds. The van der Waals surface area contributed by atoms with Crippen LogP contribution in [0.1, 0.15) is 18.4 Å². The van der Waals surface area contributed by atoms with E-state index < -0.39 is 0 Å². The standard InChI is InChI=1S/C20H23NOS/c1-4-19(22-14-15-7-10-21-11-8-15)5-2-16(1)17-3-6-20-18(13-17)9-12-23-20/h1-6,13,15,21H,7-12,14H2. The molecule has 1 saturated heterocycles.